The highest BCUT2D eigenvalue weighted by atomic mass is 32.2. The van der Waals surface area contributed by atoms with E-state index >= 15 is 0 Å². The molecule has 2 aliphatic rings. The molecule has 4 rings (SSSR count). The molecule has 1 aromatic heterocycles. The number of nitrogens with zero attached hydrogens (tertiary/aromatic N) is 1. The van der Waals surface area contributed by atoms with Gasteiger partial charge in [0.05, 0.1) is 11.3 Å². The van der Waals surface area contributed by atoms with Gasteiger partial charge in [0.25, 0.3) is 15.9 Å². The lowest BCUT2D eigenvalue weighted by Crippen LogP contribution is -2.35. The van der Waals surface area contributed by atoms with Crippen molar-refractivity contribution in [1.29, 1.82) is 0 Å². The van der Waals surface area contributed by atoms with Gasteiger partial charge in [-0.15, -0.1) is 11.3 Å². The summed E-state index contributed by atoms with van der Waals surface area (Å²) in [6.45, 7) is 0. The van der Waals surface area contributed by atoms with Crippen LogP contribution in [-0.4, -0.2) is 20.0 Å². The molecule has 1 saturated carbocycles. The van der Waals surface area contributed by atoms with Gasteiger partial charge in [-0.25, -0.2) is 13.8 Å². The number of hydrogen-bond acceptors (Lipinski definition) is 5. The second kappa shape index (κ2) is 6.69. The lowest BCUT2D eigenvalue weighted by molar-refractivity contribution is 0.0955. The molecule has 0 bridgehead atoms. The predicted octanol–water partition coefficient (Wildman–Crippen LogP) is 3.23. The van der Waals surface area contributed by atoms with Crippen molar-refractivity contribution in [2.75, 3.05) is 4.72 Å². The number of benzene rings is 1. The molecule has 8 heteroatoms. The number of anilines is 1. The molecular weight excluding hydrogens is 370 g/mol. The fraction of sp³-hybridized carbons (Fsp3) is 0.222. The predicted molar refractivity (Wildman–Crippen MR) is 102 cm³/mol. The van der Waals surface area contributed by atoms with E-state index < -0.39 is 15.9 Å². The Balaban J connectivity index is 1.50. The number of allylic oxidation sites excluding steroid dienone is 2. The van der Waals surface area contributed by atoms with Gasteiger partial charge in [0, 0.05) is 11.6 Å². The molecule has 134 valence electrons. The zero-order valence-electron chi connectivity index (χ0n) is 13.8. The van der Waals surface area contributed by atoms with Crippen molar-refractivity contribution in [2.45, 2.75) is 17.1 Å². The maximum absolute atomic E-state index is 12.5. The summed E-state index contributed by atoms with van der Waals surface area (Å²) in [5, 5.41) is 5.93. The zero-order valence-corrected chi connectivity index (χ0v) is 15.4. The van der Waals surface area contributed by atoms with Gasteiger partial charge in [-0.05, 0) is 42.3 Å². The molecule has 0 aliphatic heterocycles. The molecule has 1 amide bonds. The molecule has 2 atom stereocenters. The minimum atomic E-state index is -3.72. The molecule has 0 spiro atoms. The summed E-state index contributed by atoms with van der Waals surface area (Å²) >= 11 is 1.12. The Labute approximate surface area is 155 Å². The van der Waals surface area contributed by atoms with Crippen molar-refractivity contribution in [3.63, 3.8) is 0 Å². The maximum atomic E-state index is 12.5. The fourth-order valence-corrected chi connectivity index (χ4v) is 5.30. The standard InChI is InChI=1S/C18H17N3O3S2/c22-18(20-19-16-11-12-5-3-7-13(12)16)14-6-1-2-8-15(14)21-26(23,24)17-9-4-10-25-17/h1-6,8-10,12-13,21H,7,11H2,(H,20,22)/b19-16-/t12-,13-/m0/s1. The number of hydrazone groups is 1. The Kier molecular flexibility index (Phi) is 4.37. The quantitative estimate of drug-likeness (QED) is 0.610. The smallest absolute Gasteiger partial charge is 0.273 e. The van der Waals surface area contributed by atoms with Gasteiger partial charge in [0.1, 0.15) is 4.21 Å². The number of sulfonamides is 1. The minimum absolute atomic E-state index is 0.196. The summed E-state index contributed by atoms with van der Waals surface area (Å²) < 4.78 is 27.5. The Hall–Kier alpha value is -2.45. The number of rotatable bonds is 5. The highest BCUT2D eigenvalue weighted by Gasteiger charge is 2.38. The van der Waals surface area contributed by atoms with Gasteiger partial charge < -0.3 is 0 Å². The lowest BCUT2D eigenvalue weighted by Gasteiger charge is -2.31. The molecule has 6 nitrogen and oxygen atoms in total. The van der Waals surface area contributed by atoms with Crippen LogP contribution < -0.4 is 10.1 Å². The Morgan fingerprint density at radius 2 is 2.04 bits per heavy atom. The van der Waals surface area contributed by atoms with Gasteiger partial charge in [0.2, 0.25) is 0 Å². The maximum Gasteiger partial charge on any atom is 0.273 e. The Bertz CT molecular complexity index is 994. The van der Waals surface area contributed by atoms with E-state index in [2.05, 4.69) is 27.4 Å². The Morgan fingerprint density at radius 3 is 2.81 bits per heavy atom. The lowest BCUT2D eigenvalue weighted by atomic mass is 9.74. The summed E-state index contributed by atoms with van der Waals surface area (Å²) in [4.78, 5) is 12.5. The van der Waals surface area contributed by atoms with E-state index in [1.807, 2.05) is 0 Å². The van der Waals surface area contributed by atoms with E-state index in [9.17, 15) is 13.2 Å². The second-order valence-electron chi connectivity index (χ2n) is 6.27. The van der Waals surface area contributed by atoms with Crippen molar-refractivity contribution in [3.05, 3.63) is 59.5 Å². The number of amides is 1. The number of carbonyl (C=O) groups is 1. The van der Waals surface area contributed by atoms with Crippen LogP contribution in [0.5, 0.6) is 0 Å². The van der Waals surface area contributed by atoms with Crippen LogP contribution in [0.1, 0.15) is 23.2 Å². The normalized spacial score (nSPS) is 22.7. The van der Waals surface area contributed by atoms with E-state index in [1.165, 1.54) is 6.07 Å². The van der Waals surface area contributed by atoms with Crippen LogP contribution >= 0.6 is 11.3 Å². The Morgan fingerprint density at radius 1 is 1.19 bits per heavy atom. The van der Waals surface area contributed by atoms with Gasteiger partial charge >= 0.3 is 0 Å². The number of nitrogens with one attached hydrogen (secondary N) is 2. The number of carbonyl (C=O) groups excluding carboxylic acids is 1. The van der Waals surface area contributed by atoms with Gasteiger partial charge in [-0.1, -0.05) is 30.4 Å². The van der Waals surface area contributed by atoms with E-state index in [4.69, 9.17) is 0 Å². The van der Waals surface area contributed by atoms with Gasteiger partial charge in [-0.3, -0.25) is 9.52 Å². The highest BCUT2D eigenvalue weighted by Crippen LogP contribution is 2.40. The van der Waals surface area contributed by atoms with E-state index in [1.54, 1.807) is 35.7 Å². The molecule has 1 heterocycles. The third kappa shape index (κ3) is 3.17. The van der Waals surface area contributed by atoms with Crippen LogP contribution in [0.4, 0.5) is 5.69 Å². The molecule has 2 aliphatic carbocycles. The molecule has 26 heavy (non-hydrogen) atoms. The molecular formula is C18H17N3O3S2. The first-order valence-corrected chi connectivity index (χ1v) is 10.6. The molecule has 2 N–H and O–H groups in total. The third-order valence-corrected chi connectivity index (χ3v) is 7.40. The summed E-state index contributed by atoms with van der Waals surface area (Å²) in [6, 6.07) is 9.68. The summed E-state index contributed by atoms with van der Waals surface area (Å²) in [5.41, 5.74) is 4.02. The van der Waals surface area contributed by atoms with E-state index in [0.717, 1.165) is 29.9 Å². The molecule has 0 radical (unpaired) electrons. The number of thiophene rings is 1. The van der Waals surface area contributed by atoms with Crippen LogP contribution in [0.25, 0.3) is 0 Å². The van der Waals surface area contributed by atoms with Crippen molar-refractivity contribution in [1.82, 2.24) is 5.43 Å². The average molecular weight is 387 g/mol. The van der Waals surface area contributed by atoms with Crippen LogP contribution in [0.3, 0.4) is 0 Å². The molecule has 1 aromatic carbocycles. The monoisotopic (exact) mass is 387 g/mol. The van der Waals surface area contributed by atoms with Crippen molar-refractivity contribution in [3.8, 4) is 0 Å². The van der Waals surface area contributed by atoms with Gasteiger partial charge in [0.15, 0.2) is 0 Å². The topological polar surface area (TPSA) is 87.6 Å². The van der Waals surface area contributed by atoms with Crippen LogP contribution in [0, 0.1) is 11.8 Å². The van der Waals surface area contributed by atoms with Crippen molar-refractivity contribution in [2.24, 2.45) is 16.9 Å². The first-order valence-electron chi connectivity index (χ1n) is 8.23. The molecule has 0 saturated heterocycles. The number of para-hydroxylation sites is 1. The number of hydrogen-bond donors (Lipinski definition) is 2. The minimum Gasteiger partial charge on any atom is -0.278 e. The van der Waals surface area contributed by atoms with Crippen LogP contribution in [-0.2, 0) is 10.0 Å². The van der Waals surface area contributed by atoms with Crippen molar-refractivity contribution < 1.29 is 13.2 Å². The first kappa shape index (κ1) is 17.0. The molecule has 1 fully saturated rings. The molecule has 0 unspecified atom stereocenters. The van der Waals surface area contributed by atoms with Gasteiger partial charge in [-0.2, -0.15) is 5.10 Å². The summed E-state index contributed by atoms with van der Waals surface area (Å²) in [5.74, 6) is 0.523. The number of fused-ring (bicyclic) bond motifs is 1. The summed E-state index contributed by atoms with van der Waals surface area (Å²) in [7, 11) is -3.72. The van der Waals surface area contributed by atoms with E-state index in [-0.39, 0.29) is 15.5 Å². The van der Waals surface area contributed by atoms with Crippen LogP contribution in [0.15, 0.2) is 63.2 Å². The highest BCUT2D eigenvalue weighted by molar-refractivity contribution is 7.94. The SMILES string of the molecule is O=C(N/N=C1/C[C@@H]2C=CC[C@H]12)c1ccccc1NS(=O)(=O)c1cccs1. The van der Waals surface area contributed by atoms with Crippen LogP contribution in [0.2, 0.25) is 0 Å². The van der Waals surface area contributed by atoms with Crippen molar-refractivity contribution >= 4 is 38.7 Å². The molecule has 2 aromatic rings. The summed E-state index contributed by atoms with van der Waals surface area (Å²) in [6.07, 6.45) is 6.18. The largest absolute Gasteiger partial charge is 0.278 e. The van der Waals surface area contributed by atoms with E-state index in [0.29, 0.717) is 11.8 Å². The first-order chi connectivity index (χ1) is 12.5. The zero-order chi connectivity index (χ0) is 18.1. The average Bonchev–Trinajstić information content (AvgIpc) is 3.26. The second-order valence-corrected chi connectivity index (χ2v) is 9.12. The fourth-order valence-electron chi connectivity index (χ4n) is 3.23. The third-order valence-electron chi connectivity index (χ3n) is 4.64.